The van der Waals surface area contributed by atoms with E-state index in [0.29, 0.717) is 6.42 Å². The summed E-state index contributed by atoms with van der Waals surface area (Å²) >= 11 is 0. The Hall–Kier alpha value is -2.56. The molecule has 126 valence electrons. The van der Waals surface area contributed by atoms with E-state index in [4.69, 9.17) is 4.42 Å². The largest absolute Gasteiger partial charge is 0.459 e. The maximum Gasteiger partial charge on any atom is 0.287 e. The lowest BCUT2D eigenvalue weighted by Gasteiger charge is -2.21. The molecule has 0 spiro atoms. The highest BCUT2D eigenvalue weighted by molar-refractivity contribution is 5.95. The van der Waals surface area contributed by atoms with Gasteiger partial charge in [-0.15, -0.1) is 0 Å². The van der Waals surface area contributed by atoms with E-state index in [9.17, 15) is 9.59 Å². The Bertz CT molecular complexity index is 661. The first-order valence-corrected chi connectivity index (χ1v) is 8.41. The van der Waals surface area contributed by atoms with Gasteiger partial charge in [0.05, 0.1) is 6.26 Å². The highest BCUT2D eigenvalue weighted by Gasteiger charge is 2.26. The van der Waals surface area contributed by atoms with Crippen molar-refractivity contribution in [2.24, 2.45) is 0 Å². The molecule has 1 aliphatic rings. The van der Waals surface area contributed by atoms with Gasteiger partial charge in [0.25, 0.3) is 5.91 Å². The van der Waals surface area contributed by atoms with E-state index < -0.39 is 6.04 Å². The summed E-state index contributed by atoms with van der Waals surface area (Å²) in [5.41, 5.74) is 1.00. The lowest BCUT2D eigenvalue weighted by Crippen LogP contribution is -2.50. The van der Waals surface area contributed by atoms with Crippen LogP contribution in [0.3, 0.4) is 0 Å². The van der Waals surface area contributed by atoms with Gasteiger partial charge in [-0.1, -0.05) is 43.2 Å². The molecule has 2 amide bonds. The van der Waals surface area contributed by atoms with Crippen molar-refractivity contribution in [3.8, 4) is 0 Å². The number of hydrogen-bond donors (Lipinski definition) is 2. The van der Waals surface area contributed by atoms with Gasteiger partial charge in [0, 0.05) is 12.5 Å². The van der Waals surface area contributed by atoms with E-state index >= 15 is 0 Å². The van der Waals surface area contributed by atoms with Crippen LogP contribution in [-0.2, 0) is 11.2 Å². The van der Waals surface area contributed by atoms with E-state index in [1.54, 1.807) is 12.1 Å². The lowest BCUT2D eigenvalue weighted by atomic mass is 10.0. The summed E-state index contributed by atoms with van der Waals surface area (Å²) in [6, 6.07) is 12.5. The summed E-state index contributed by atoms with van der Waals surface area (Å²) in [7, 11) is 0. The SMILES string of the molecule is O=C(NC(Cc1ccccc1)C(=O)NC1CCCC1)c1ccco1. The topological polar surface area (TPSA) is 71.3 Å². The summed E-state index contributed by atoms with van der Waals surface area (Å²) in [6.45, 7) is 0. The highest BCUT2D eigenvalue weighted by atomic mass is 16.3. The molecule has 1 aliphatic carbocycles. The fourth-order valence-electron chi connectivity index (χ4n) is 3.07. The Morgan fingerprint density at radius 1 is 1.08 bits per heavy atom. The van der Waals surface area contributed by atoms with Gasteiger partial charge in [-0.05, 0) is 30.5 Å². The Labute approximate surface area is 141 Å². The highest BCUT2D eigenvalue weighted by Crippen LogP contribution is 2.18. The Balaban J connectivity index is 1.69. The Morgan fingerprint density at radius 2 is 1.83 bits per heavy atom. The molecule has 5 nitrogen and oxygen atoms in total. The monoisotopic (exact) mass is 326 g/mol. The molecular formula is C19H22N2O3. The third kappa shape index (κ3) is 4.25. The van der Waals surface area contributed by atoms with Crippen LogP contribution in [0.15, 0.2) is 53.1 Å². The van der Waals surface area contributed by atoms with Gasteiger partial charge in [-0.25, -0.2) is 0 Å². The quantitative estimate of drug-likeness (QED) is 0.857. The van der Waals surface area contributed by atoms with Gasteiger partial charge in [0.1, 0.15) is 6.04 Å². The number of benzene rings is 1. The number of rotatable bonds is 6. The first-order valence-electron chi connectivity index (χ1n) is 8.41. The smallest absolute Gasteiger partial charge is 0.287 e. The van der Waals surface area contributed by atoms with Crippen molar-refractivity contribution in [1.29, 1.82) is 0 Å². The third-order valence-electron chi connectivity index (χ3n) is 4.35. The molecule has 0 saturated heterocycles. The van der Waals surface area contributed by atoms with Crippen molar-refractivity contribution in [2.75, 3.05) is 0 Å². The fourth-order valence-corrected chi connectivity index (χ4v) is 3.07. The summed E-state index contributed by atoms with van der Waals surface area (Å²) in [6.07, 6.45) is 6.21. The summed E-state index contributed by atoms with van der Waals surface area (Å²) in [4.78, 5) is 24.9. The second kappa shape index (κ2) is 7.81. The third-order valence-corrected chi connectivity index (χ3v) is 4.35. The van der Waals surface area contributed by atoms with Crippen LogP contribution in [0.5, 0.6) is 0 Å². The summed E-state index contributed by atoms with van der Waals surface area (Å²) in [5, 5.41) is 5.86. The van der Waals surface area contributed by atoms with Crippen molar-refractivity contribution in [1.82, 2.24) is 10.6 Å². The van der Waals surface area contributed by atoms with Gasteiger partial charge >= 0.3 is 0 Å². The molecule has 1 atom stereocenters. The molecule has 2 aromatic rings. The van der Waals surface area contributed by atoms with E-state index in [2.05, 4.69) is 10.6 Å². The lowest BCUT2D eigenvalue weighted by molar-refractivity contribution is -0.123. The molecule has 1 aromatic carbocycles. The maximum atomic E-state index is 12.7. The van der Waals surface area contributed by atoms with Gasteiger partial charge in [0.15, 0.2) is 5.76 Å². The first kappa shape index (κ1) is 16.3. The summed E-state index contributed by atoms with van der Waals surface area (Å²) in [5.74, 6) is -0.296. The Morgan fingerprint density at radius 3 is 2.50 bits per heavy atom. The zero-order chi connectivity index (χ0) is 16.8. The van der Waals surface area contributed by atoms with Crippen LogP contribution >= 0.6 is 0 Å². The second-order valence-corrected chi connectivity index (χ2v) is 6.18. The van der Waals surface area contributed by atoms with Crippen LogP contribution in [0.2, 0.25) is 0 Å². The van der Waals surface area contributed by atoms with Crippen molar-refractivity contribution < 1.29 is 14.0 Å². The number of furan rings is 1. The van der Waals surface area contributed by atoms with Crippen LogP contribution in [0, 0.1) is 0 Å². The predicted octanol–water partition coefficient (Wildman–Crippen LogP) is 2.68. The van der Waals surface area contributed by atoms with Crippen molar-refractivity contribution >= 4 is 11.8 Å². The minimum absolute atomic E-state index is 0.134. The molecule has 1 fully saturated rings. The van der Waals surface area contributed by atoms with Gasteiger partial charge in [-0.2, -0.15) is 0 Å². The zero-order valence-electron chi connectivity index (χ0n) is 13.5. The predicted molar refractivity (Wildman–Crippen MR) is 90.5 cm³/mol. The average Bonchev–Trinajstić information content (AvgIpc) is 3.29. The molecular weight excluding hydrogens is 304 g/mol. The Kier molecular flexibility index (Phi) is 5.31. The molecule has 5 heteroatoms. The molecule has 0 aliphatic heterocycles. The molecule has 1 heterocycles. The van der Waals surface area contributed by atoms with Gasteiger partial charge in [0.2, 0.25) is 5.91 Å². The van der Waals surface area contributed by atoms with Crippen molar-refractivity contribution in [3.63, 3.8) is 0 Å². The number of hydrogen-bond acceptors (Lipinski definition) is 3. The molecule has 1 saturated carbocycles. The minimum atomic E-state index is -0.620. The van der Waals surface area contributed by atoms with Gasteiger partial charge in [-0.3, -0.25) is 9.59 Å². The number of carbonyl (C=O) groups excluding carboxylic acids is 2. The van der Waals surface area contributed by atoms with Crippen LogP contribution in [0.1, 0.15) is 41.8 Å². The van der Waals surface area contributed by atoms with Gasteiger partial charge < -0.3 is 15.1 Å². The number of nitrogens with one attached hydrogen (secondary N) is 2. The van der Waals surface area contributed by atoms with E-state index in [0.717, 1.165) is 31.2 Å². The fraction of sp³-hybridized carbons (Fsp3) is 0.368. The number of amides is 2. The first-order chi connectivity index (χ1) is 11.7. The zero-order valence-corrected chi connectivity index (χ0v) is 13.5. The van der Waals surface area contributed by atoms with Crippen LogP contribution < -0.4 is 10.6 Å². The second-order valence-electron chi connectivity index (χ2n) is 6.18. The normalized spacial score (nSPS) is 15.8. The molecule has 24 heavy (non-hydrogen) atoms. The average molecular weight is 326 g/mol. The molecule has 0 radical (unpaired) electrons. The van der Waals surface area contributed by atoms with E-state index in [-0.39, 0.29) is 23.6 Å². The summed E-state index contributed by atoms with van der Waals surface area (Å²) < 4.78 is 5.12. The molecule has 0 bridgehead atoms. The van der Waals surface area contributed by atoms with E-state index in [1.165, 1.54) is 6.26 Å². The standard InChI is InChI=1S/C19H22N2O3/c22-18(20-15-9-4-5-10-15)16(13-14-7-2-1-3-8-14)21-19(23)17-11-6-12-24-17/h1-3,6-8,11-12,15-16H,4-5,9-10,13H2,(H,20,22)(H,21,23). The number of carbonyl (C=O) groups is 2. The van der Waals surface area contributed by atoms with Crippen LogP contribution in [-0.4, -0.2) is 23.9 Å². The van der Waals surface area contributed by atoms with Crippen molar-refractivity contribution in [2.45, 2.75) is 44.2 Å². The maximum absolute atomic E-state index is 12.7. The molecule has 1 unspecified atom stereocenters. The van der Waals surface area contributed by atoms with Crippen LogP contribution in [0.25, 0.3) is 0 Å². The van der Waals surface area contributed by atoms with Crippen molar-refractivity contribution in [3.05, 3.63) is 60.1 Å². The molecule has 3 rings (SSSR count). The van der Waals surface area contributed by atoms with E-state index in [1.807, 2.05) is 30.3 Å². The molecule has 2 N–H and O–H groups in total. The minimum Gasteiger partial charge on any atom is -0.459 e. The molecule has 1 aromatic heterocycles. The van der Waals surface area contributed by atoms with Crippen LogP contribution in [0.4, 0.5) is 0 Å².